The van der Waals surface area contributed by atoms with Crippen molar-refractivity contribution in [2.45, 2.75) is 31.7 Å². The summed E-state index contributed by atoms with van der Waals surface area (Å²) in [5, 5.41) is 0.655. The summed E-state index contributed by atoms with van der Waals surface area (Å²) in [7, 11) is 0. The Labute approximate surface area is 94.4 Å². The van der Waals surface area contributed by atoms with Crippen molar-refractivity contribution in [3.05, 3.63) is 34.6 Å². The second-order valence-corrected chi connectivity index (χ2v) is 4.78. The summed E-state index contributed by atoms with van der Waals surface area (Å²) in [5.41, 5.74) is 6.87. The summed E-state index contributed by atoms with van der Waals surface area (Å²) in [6.45, 7) is 2.11. The van der Waals surface area contributed by atoms with Crippen molar-refractivity contribution in [2.24, 2.45) is 11.7 Å². The molecule has 1 fully saturated rings. The van der Waals surface area contributed by atoms with Gasteiger partial charge >= 0.3 is 0 Å². The van der Waals surface area contributed by atoms with Crippen LogP contribution in [0.25, 0.3) is 0 Å². The van der Waals surface area contributed by atoms with Gasteiger partial charge in [-0.1, -0.05) is 18.5 Å². The second kappa shape index (κ2) is 4.11. The molecule has 1 aliphatic carbocycles. The van der Waals surface area contributed by atoms with Crippen LogP contribution in [0.3, 0.4) is 0 Å². The summed E-state index contributed by atoms with van der Waals surface area (Å²) in [4.78, 5) is 0. The van der Waals surface area contributed by atoms with Gasteiger partial charge in [0.25, 0.3) is 0 Å². The number of halogens is 2. The van der Waals surface area contributed by atoms with Gasteiger partial charge < -0.3 is 5.73 Å². The highest BCUT2D eigenvalue weighted by molar-refractivity contribution is 6.31. The van der Waals surface area contributed by atoms with Gasteiger partial charge in [0.2, 0.25) is 0 Å². The van der Waals surface area contributed by atoms with Crippen LogP contribution >= 0.6 is 11.6 Å². The van der Waals surface area contributed by atoms with E-state index in [4.69, 9.17) is 17.3 Å². The van der Waals surface area contributed by atoms with Crippen molar-refractivity contribution in [1.29, 1.82) is 0 Å². The quantitative estimate of drug-likeness (QED) is 0.783. The number of hydrogen-bond acceptors (Lipinski definition) is 1. The Kier molecular flexibility index (Phi) is 2.98. The van der Waals surface area contributed by atoms with Crippen molar-refractivity contribution in [3.8, 4) is 0 Å². The van der Waals surface area contributed by atoms with Crippen molar-refractivity contribution in [1.82, 2.24) is 0 Å². The SMILES string of the molecule is CC1C(N)CCC1c1cc(F)ccc1Cl. The molecule has 1 aliphatic rings. The molecule has 2 rings (SSSR count). The molecular weight excluding hydrogens is 213 g/mol. The monoisotopic (exact) mass is 227 g/mol. The first-order chi connectivity index (χ1) is 7.09. The molecule has 0 radical (unpaired) electrons. The molecule has 82 valence electrons. The minimum absolute atomic E-state index is 0.217. The molecule has 1 saturated carbocycles. The first kappa shape index (κ1) is 10.9. The highest BCUT2D eigenvalue weighted by Gasteiger charge is 2.32. The van der Waals surface area contributed by atoms with Crippen LogP contribution in [-0.2, 0) is 0 Å². The van der Waals surface area contributed by atoms with Crippen LogP contribution in [-0.4, -0.2) is 6.04 Å². The van der Waals surface area contributed by atoms with Crippen LogP contribution in [0.4, 0.5) is 4.39 Å². The van der Waals surface area contributed by atoms with Crippen molar-refractivity contribution in [3.63, 3.8) is 0 Å². The largest absolute Gasteiger partial charge is 0.327 e. The van der Waals surface area contributed by atoms with Gasteiger partial charge in [0.05, 0.1) is 0 Å². The van der Waals surface area contributed by atoms with Crippen LogP contribution in [0.5, 0.6) is 0 Å². The zero-order chi connectivity index (χ0) is 11.0. The molecule has 3 heteroatoms. The third-order valence-electron chi connectivity index (χ3n) is 3.48. The molecule has 15 heavy (non-hydrogen) atoms. The molecule has 1 nitrogen and oxygen atoms in total. The van der Waals surface area contributed by atoms with Crippen LogP contribution in [0, 0.1) is 11.7 Å². The van der Waals surface area contributed by atoms with E-state index < -0.39 is 0 Å². The fourth-order valence-electron chi connectivity index (χ4n) is 2.43. The number of benzene rings is 1. The van der Waals surface area contributed by atoms with Gasteiger partial charge in [0.15, 0.2) is 0 Å². The molecule has 0 amide bonds. The molecule has 2 N–H and O–H groups in total. The van der Waals surface area contributed by atoms with E-state index in [0.29, 0.717) is 16.9 Å². The van der Waals surface area contributed by atoms with Crippen LogP contribution in [0.2, 0.25) is 5.02 Å². The van der Waals surface area contributed by atoms with Crippen LogP contribution < -0.4 is 5.73 Å². The molecule has 0 spiro atoms. The summed E-state index contributed by atoms with van der Waals surface area (Å²) >= 11 is 6.08. The topological polar surface area (TPSA) is 26.0 Å². The first-order valence-electron chi connectivity index (χ1n) is 5.30. The lowest BCUT2D eigenvalue weighted by atomic mass is 9.89. The van der Waals surface area contributed by atoms with Gasteiger partial charge in [0.1, 0.15) is 5.82 Å². The summed E-state index contributed by atoms with van der Waals surface area (Å²) in [6.07, 6.45) is 2.00. The van der Waals surface area contributed by atoms with E-state index in [9.17, 15) is 4.39 Å². The second-order valence-electron chi connectivity index (χ2n) is 4.37. The van der Waals surface area contributed by atoms with Crippen molar-refractivity contribution in [2.75, 3.05) is 0 Å². The van der Waals surface area contributed by atoms with E-state index in [2.05, 4.69) is 6.92 Å². The third-order valence-corrected chi connectivity index (χ3v) is 3.82. The Morgan fingerprint density at radius 2 is 2.13 bits per heavy atom. The average Bonchev–Trinajstić information content (AvgIpc) is 2.52. The highest BCUT2D eigenvalue weighted by Crippen LogP contribution is 2.41. The number of nitrogens with two attached hydrogens (primary N) is 1. The summed E-state index contributed by atoms with van der Waals surface area (Å²) < 4.78 is 13.1. The Balaban J connectivity index is 2.33. The van der Waals surface area contributed by atoms with Gasteiger partial charge in [-0.15, -0.1) is 0 Å². The first-order valence-corrected chi connectivity index (χ1v) is 5.68. The zero-order valence-corrected chi connectivity index (χ0v) is 9.47. The Bertz CT molecular complexity index is 367. The summed E-state index contributed by atoms with van der Waals surface area (Å²) in [5.74, 6) is 0.467. The van der Waals surface area contributed by atoms with Crippen LogP contribution in [0.1, 0.15) is 31.2 Å². The lowest BCUT2D eigenvalue weighted by Crippen LogP contribution is -2.24. The zero-order valence-electron chi connectivity index (χ0n) is 8.71. The predicted molar refractivity (Wildman–Crippen MR) is 60.5 cm³/mol. The average molecular weight is 228 g/mol. The molecule has 0 bridgehead atoms. The molecule has 1 aromatic carbocycles. The minimum atomic E-state index is -0.220. The maximum Gasteiger partial charge on any atom is 0.123 e. The van der Waals surface area contributed by atoms with Gasteiger partial charge in [-0.3, -0.25) is 0 Å². The predicted octanol–water partition coefficient (Wildman–Crippen LogP) is 3.32. The van der Waals surface area contributed by atoms with E-state index in [0.717, 1.165) is 18.4 Å². The standard InChI is InChI=1S/C12H15ClFN/c1-7-9(3-5-12(7)15)10-6-8(14)2-4-11(10)13/h2,4,6-7,9,12H,3,5,15H2,1H3. The lowest BCUT2D eigenvalue weighted by Gasteiger charge is -2.19. The fraction of sp³-hybridized carbons (Fsp3) is 0.500. The number of rotatable bonds is 1. The lowest BCUT2D eigenvalue weighted by molar-refractivity contribution is 0.477. The maximum absolute atomic E-state index is 13.1. The van der Waals surface area contributed by atoms with Gasteiger partial charge in [-0.25, -0.2) is 4.39 Å². The molecule has 3 unspecified atom stereocenters. The normalized spacial score (nSPS) is 30.8. The molecule has 3 atom stereocenters. The van der Waals surface area contributed by atoms with E-state index in [1.54, 1.807) is 12.1 Å². The number of hydrogen-bond donors (Lipinski definition) is 1. The highest BCUT2D eigenvalue weighted by atomic mass is 35.5. The maximum atomic E-state index is 13.1. The van der Waals surface area contributed by atoms with Crippen molar-refractivity contribution >= 4 is 11.6 Å². The molecule has 1 aromatic rings. The van der Waals surface area contributed by atoms with Gasteiger partial charge in [0, 0.05) is 11.1 Å². The summed E-state index contributed by atoms with van der Waals surface area (Å²) in [6, 6.07) is 4.78. The van der Waals surface area contributed by atoms with Crippen LogP contribution in [0.15, 0.2) is 18.2 Å². The Morgan fingerprint density at radius 1 is 1.40 bits per heavy atom. The fourth-order valence-corrected chi connectivity index (χ4v) is 2.69. The molecular formula is C12H15ClFN. The smallest absolute Gasteiger partial charge is 0.123 e. The Morgan fingerprint density at radius 3 is 2.73 bits per heavy atom. The van der Waals surface area contributed by atoms with Gasteiger partial charge in [-0.2, -0.15) is 0 Å². The Hall–Kier alpha value is -0.600. The molecule has 0 aliphatic heterocycles. The van der Waals surface area contributed by atoms with E-state index >= 15 is 0 Å². The third kappa shape index (κ3) is 2.01. The van der Waals surface area contributed by atoms with E-state index in [1.165, 1.54) is 6.07 Å². The molecule has 0 heterocycles. The van der Waals surface area contributed by atoms with Crippen molar-refractivity contribution < 1.29 is 4.39 Å². The minimum Gasteiger partial charge on any atom is -0.327 e. The van der Waals surface area contributed by atoms with E-state index in [-0.39, 0.29) is 11.9 Å². The van der Waals surface area contributed by atoms with Gasteiger partial charge in [-0.05, 0) is 48.4 Å². The molecule has 0 aromatic heterocycles. The van der Waals surface area contributed by atoms with E-state index in [1.807, 2.05) is 0 Å². The molecule has 0 saturated heterocycles.